The Labute approximate surface area is 149 Å². The molecule has 1 N–H and O–H groups in total. The van der Waals surface area contributed by atoms with Gasteiger partial charge in [0.2, 0.25) is 0 Å². The second-order valence-electron chi connectivity index (χ2n) is 5.40. The maximum Gasteiger partial charge on any atom is 0.331 e. The summed E-state index contributed by atoms with van der Waals surface area (Å²) in [5, 5.41) is 2.50. The highest BCUT2D eigenvalue weighted by molar-refractivity contribution is 5.94. The van der Waals surface area contributed by atoms with Gasteiger partial charge < -0.3 is 19.5 Å². The van der Waals surface area contributed by atoms with E-state index >= 15 is 0 Å². The number of rotatable bonds is 5. The number of benzene rings is 2. The molecule has 0 spiro atoms. The highest BCUT2D eigenvalue weighted by atomic mass is 19.1. The molecule has 0 unspecified atom stereocenters. The Bertz CT molecular complexity index is 832. The summed E-state index contributed by atoms with van der Waals surface area (Å²) in [5.74, 6) is -0.301. The minimum atomic E-state index is -0.658. The number of esters is 1. The first-order valence-corrected chi connectivity index (χ1v) is 7.90. The number of carbonyl (C=O) groups is 2. The van der Waals surface area contributed by atoms with E-state index < -0.39 is 24.3 Å². The molecule has 2 aromatic carbocycles. The number of ether oxygens (including phenoxy) is 3. The third-order valence-electron chi connectivity index (χ3n) is 3.45. The summed E-state index contributed by atoms with van der Waals surface area (Å²) in [6.07, 6.45) is 2.77. The maximum atomic E-state index is 12.8. The Kier molecular flexibility index (Phi) is 5.48. The summed E-state index contributed by atoms with van der Waals surface area (Å²) in [7, 11) is 0. The molecule has 6 nitrogen and oxygen atoms in total. The third kappa shape index (κ3) is 4.83. The first kappa shape index (κ1) is 17.5. The van der Waals surface area contributed by atoms with Crippen LogP contribution in [0.2, 0.25) is 0 Å². The number of hydrogen-bond donors (Lipinski definition) is 1. The molecule has 0 bridgehead atoms. The zero-order chi connectivity index (χ0) is 18.4. The number of hydrogen-bond acceptors (Lipinski definition) is 5. The summed E-state index contributed by atoms with van der Waals surface area (Å²) in [6, 6.07) is 10.6. The van der Waals surface area contributed by atoms with Gasteiger partial charge in [0, 0.05) is 11.8 Å². The fraction of sp³-hybridized carbons (Fsp3) is 0.158. The summed E-state index contributed by atoms with van der Waals surface area (Å²) >= 11 is 0. The van der Waals surface area contributed by atoms with Gasteiger partial charge in [-0.3, -0.25) is 4.79 Å². The van der Waals surface area contributed by atoms with E-state index in [1.54, 1.807) is 24.3 Å². The van der Waals surface area contributed by atoms with E-state index in [4.69, 9.17) is 14.2 Å². The third-order valence-corrected chi connectivity index (χ3v) is 3.45. The smallest absolute Gasteiger partial charge is 0.331 e. The SMILES string of the molecule is O=C(COC(=O)C=Cc1ccc2c(c1)OCCO2)Nc1ccc(F)cc1. The minimum Gasteiger partial charge on any atom is -0.486 e. The number of anilines is 1. The van der Waals surface area contributed by atoms with Crippen molar-refractivity contribution >= 4 is 23.6 Å². The van der Waals surface area contributed by atoms with Crippen LogP contribution in [0.25, 0.3) is 6.08 Å². The van der Waals surface area contributed by atoms with E-state index in [-0.39, 0.29) is 0 Å². The fourth-order valence-corrected chi connectivity index (χ4v) is 2.24. The minimum absolute atomic E-state index is 0.404. The van der Waals surface area contributed by atoms with Crippen LogP contribution in [0.3, 0.4) is 0 Å². The van der Waals surface area contributed by atoms with Crippen molar-refractivity contribution in [3.63, 3.8) is 0 Å². The molecule has 7 heteroatoms. The van der Waals surface area contributed by atoms with Gasteiger partial charge >= 0.3 is 5.97 Å². The summed E-state index contributed by atoms with van der Waals surface area (Å²) in [5.41, 5.74) is 1.15. The topological polar surface area (TPSA) is 73.9 Å². The molecule has 0 aromatic heterocycles. The molecule has 0 aliphatic carbocycles. The van der Waals surface area contributed by atoms with Crippen LogP contribution in [0.1, 0.15) is 5.56 Å². The van der Waals surface area contributed by atoms with Crippen molar-refractivity contribution in [1.29, 1.82) is 0 Å². The van der Waals surface area contributed by atoms with Gasteiger partial charge in [0.15, 0.2) is 18.1 Å². The molecule has 1 aliphatic heterocycles. The van der Waals surface area contributed by atoms with E-state index in [0.717, 1.165) is 5.56 Å². The molecule has 26 heavy (non-hydrogen) atoms. The van der Waals surface area contributed by atoms with Crippen molar-refractivity contribution in [2.45, 2.75) is 0 Å². The van der Waals surface area contributed by atoms with Crippen LogP contribution in [0.15, 0.2) is 48.5 Å². The van der Waals surface area contributed by atoms with Gasteiger partial charge in [-0.1, -0.05) is 6.07 Å². The van der Waals surface area contributed by atoms with Crippen molar-refractivity contribution in [2.75, 3.05) is 25.1 Å². The first-order valence-electron chi connectivity index (χ1n) is 7.90. The lowest BCUT2D eigenvalue weighted by Crippen LogP contribution is -2.20. The normalized spacial score (nSPS) is 12.7. The van der Waals surface area contributed by atoms with Crippen LogP contribution in [0, 0.1) is 5.82 Å². The molecule has 0 atom stereocenters. The second kappa shape index (κ2) is 8.15. The van der Waals surface area contributed by atoms with Gasteiger partial charge in [0.25, 0.3) is 5.91 Å². The second-order valence-corrected chi connectivity index (χ2v) is 5.40. The predicted octanol–water partition coefficient (Wildman–Crippen LogP) is 2.79. The molecule has 0 fully saturated rings. The molecular formula is C19H16FNO5. The lowest BCUT2D eigenvalue weighted by molar-refractivity contribution is -0.142. The van der Waals surface area contributed by atoms with E-state index in [2.05, 4.69) is 5.32 Å². The summed E-state index contributed by atoms with van der Waals surface area (Å²) in [6.45, 7) is 0.543. The van der Waals surface area contributed by atoms with E-state index in [9.17, 15) is 14.0 Å². The molecule has 134 valence electrons. The van der Waals surface area contributed by atoms with Gasteiger partial charge in [-0.15, -0.1) is 0 Å². The van der Waals surface area contributed by atoms with E-state index in [1.807, 2.05) is 0 Å². The highest BCUT2D eigenvalue weighted by Crippen LogP contribution is 2.31. The average molecular weight is 357 g/mol. The largest absolute Gasteiger partial charge is 0.486 e. The molecule has 2 aromatic rings. The molecular weight excluding hydrogens is 341 g/mol. The maximum absolute atomic E-state index is 12.8. The highest BCUT2D eigenvalue weighted by Gasteiger charge is 2.11. The van der Waals surface area contributed by atoms with Gasteiger partial charge in [-0.2, -0.15) is 0 Å². The van der Waals surface area contributed by atoms with Crippen LogP contribution in [0.5, 0.6) is 11.5 Å². The Morgan fingerprint density at radius 2 is 1.81 bits per heavy atom. The summed E-state index contributed by atoms with van der Waals surface area (Å²) in [4.78, 5) is 23.4. The summed E-state index contributed by atoms with van der Waals surface area (Å²) < 4.78 is 28.5. The van der Waals surface area contributed by atoms with Crippen molar-refractivity contribution in [3.05, 3.63) is 59.9 Å². The van der Waals surface area contributed by atoms with Crippen LogP contribution in [-0.2, 0) is 14.3 Å². The fourth-order valence-electron chi connectivity index (χ4n) is 2.24. The average Bonchev–Trinajstić information content (AvgIpc) is 2.66. The zero-order valence-electron chi connectivity index (χ0n) is 13.7. The van der Waals surface area contributed by atoms with Gasteiger partial charge in [-0.05, 0) is 48.0 Å². The molecule has 1 heterocycles. The van der Waals surface area contributed by atoms with Crippen molar-refractivity contribution < 1.29 is 28.2 Å². The zero-order valence-corrected chi connectivity index (χ0v) is 13.7. The van der Waals surface area contributed by atoms with Gasteiger partial charge in [0.05, 0.1) is 0 Å². The van der Waals surface area contributed by atoms with Crippen molar-refractivity contribution in [3.8, 4) is 11.5 Å². The standard InChI is InChI=1S/C19H16FNO5/c20-14-3-5-15(6-4-14)21-18(22)12-26-19(23)8-2-13-1-7-16-17(11-13)25-10-9-24-16/h1-8,11H,9-10,12H2,(H,21,22). The first-order chi connectivity index (χ1) is 12.6. The van der Waals surface area contributed by atoms with Gasteiger partial charge in [-0.25, -0.2) is 9.18 Å². The lowest BCUT2D eigenvalue weighted by Gasteiger charge is -2.18. The molecule has 0 radical (unpaired) electrons. The Morgan fingerprint density at radius 1 is 1.08 bits per heavy atom. The number of carbonyl (C=O) groups excluding carboxylic acids is 2. The monoisotopic (exact) mass is 357 g/mol. The predicted molar refractivity (Wildman–Crippen MR) is 92.5 cm³/mol. The van der Waals surface area contributed by atoms with E-state index in [0.29, 0.717) is 30.4 Å². The van der Waals surface area contributed by atoms with Crippen molar-refractivity contribution in [1.82, 2.24) is 0 Å². The van der Waals surface area contributed by atoms with Gasteiger partial charge in [0.1, 0.15) is 19.0 Å². The van der Waals surface area contributed by atoms with Crippen LogP contribution in [0.4, 0.5) is 10.1 Å². The Balaban J connectivity index is 1.48. The number of halogens is 1. The van der Waals surface area contributed by atoms with Crippen molar-refractivity contribution in [2.24, 2.45) is 0 Å². The molecule has 1 aliphatic rings. The molecule has 1 amide bonds. The lowest BCUT2D eigenvalue weighted by atomic mass is 10.2. The number of nitrogens with one attached hydrogen (secondary N) is 1. The Morgan fingerprint density at radius 3 is 2.58 bits per heavy atom. The molecule has 0 saturated carbocycles. The van der Waals surface area contributed by atoms with Crippen LogP contribution >= 0.6 is 0 Å². The molecule has 0 saturated heterocycles. The van der Waals surface area contributed by atoms with Crippen LogP contribution in [-0.4, -0.2) is 31.7 Å². The quantitative estimate of drug-likeness (QED) is 0.658. The Hall–Kier alpha value is -3.35. The number of fused-ring (bicyclic) bond motifs is 1. The van der Waals surface area contributed by atoms with Crippen LogP contribution < -0.4 is 14.8 Å². The number of amides is 1. The molecule has 3 rings (SSSR count). The van der Waals surface area contributed by atoms with E-state index in [1.165, 1.54) is 30.3 Å².